The molecule has 1 atom stereocenters. The van der Waals surface area contributed by atoms with Crippen LogP contribution >= 0.6 is 0 Å². The number of carbonyl (C=O) groups is 2. The molecule has 1 N–H and O–H groups in total. The number of nitrogens with one attached hydrogen (secondary N) is 1. The summed E-state index contributed by atoms with van der Waals surface area (Å²) >= 11 is 0. The Labute approximate surface area is 140 Å². The van der Waals surface area contributed by atoms with Gasteiger partial charge in [-0.2, -0.15) is 0 Å². The van der Waals surface area contributed by atoms with Crippen molar-refractivity contribution in [1.29, 1.82) is 0 Å². The summed E-state index contributed by atoms with van der Waals surface area (Å²) in [6.45, 7) is 1.72. The van der Waals surface area contributed by atoms with E-state index in [1.807, 2.05) is 19.0 Å². The van der Waals surface area contributed by atoms with Crippen molar-refractivity contribution in [1.82, 2.24) is 20.0 Å². The summed E-state index contributed by atoms with van der Waals surface area (Å²) < 4.78 is 13.6. The summed E-state index contributed by atoms with van der Waals surface area (Å²) in [6.07, 6.45) is 0. The minimum Gasteiger partial charge on any atom is -0.332 e. The summed E-state index contributed by atoms with van der Waals surface area (Å²) in [5.74, 6) is -0.495. The lowest BCUT2D eigenvalue weighted by Crippen LogP contribution is -2.45. The highest BCUT2D eigenvalue weighted by Gasteiger charge is 2.42. The zero-order chi connectivity index (χ0) is 17.4. The molecule has 3 rings (SSSR count). The van der Waals surface area contributed by atoms with E-state index in [1.54, 1.807) is 24.1 Å². The number of rotatable bonds is 4. The molecule has 3 amide bonds. The van der Waals surface area contributed by atoms with E-state index in [9.17, 15) is 14.0 Å². The predicted molar refractivity (Wildman–Crippen MR) is 87.6 cm³/mol. The van der Waals surface area contributed by atoms with Gasteiger partial charge in [-0.25, -0.2) is 9.18 Å². The lowest BCUT2D eigenvalue weighted by atomic mass is 9.96. The fourth-order valence-electron chi connectivity index (χ4n) is 3.06. The molecule has 0 bridgehead atoms. The SMILES string of the molecule is CN(C)CCN1CC2=C(C1=O)C(c1cccc(F)c1)NC(=O)N2C. The van der Waals surface area contributed by atoms with Crippen molar-refractivity contribution in [2.24, 2.45) is 0 Å². The summed E-state index contributed by atoms with van der Waals surface area (Å²) in [7, 11) is 5.54. The highest BCUT2D eigenvalue weighted by atomic mass is 19.1. The Hall–Kier alpha value is -2.41. The molecule has 24 heavy (non-hydrogen) atoms. The highest BCUT2D eigenvalue weighted by Crippen LogP contribution is 2.35. The smallest absolute Gasteiger partial charge is 0.322 e. The third-order valence-corrected chi connectivity index (χ3v) is 4.43. The summed E-state index contributed by atoms with van der Waals surface area (Å²) in [5.41, 5.74) is 1.80. The van der Waals surface area contributed by atoms with Crippen LogP contribution in [0.25, 0.3) is 0 Å². The zero-order valence-electron chi connectivity index (χ0n) is 14.0. The Balaban J connectivity index is 1.94. The van der Waals surface area contributed by atoms with Crippen LogP contribution in [0.3, 0.4) is 0 Å². The van der Waals surface area contributed by atoms with Crippen LogP contribution in [0.2, 0.25) is 0 Å². The molecule has 0 aromatic heterocycles. The number of carbonyl (C=O) groups excluding carboxylic acids is 2. The van der Waals surface area contributed by atoms with Crippen molar-refractivity contribution >= 4 is 11.9 Å². The van der Waals surface area contributed by atoms with Crippen molar-refractivity contribution in [2.45, 2.75) is 6.04 Å². The highest BCUT2D eigenvalue weighted by molar-refractivity contribution is 6.01. The fraction of sp³-hybridized carbons (Fsp3) is 0.412. The van der Waals surface area contributed by atoms with Gasteiger partial charge in [-0.05, 0) is 31.8 Å². The minimum atomic E-state index is -0.615. The van der Waals surface area contributed by atoms with Crippen LogP contribution in [0.15, 0.2) is 35.5 Å². The van der Waals surface area contributed by atoms with Gasteiger partial charge in [0, 0.05) is 20.1 Å². The molecule has 1 unspecified atom stereocenters. The Kier molecular flexibility index (Phi) is 4.28. The van der Waals surface area contributed by atoms with Gasteiger partial charge < -0.3 is 15.1 Å². The molecule has 0 radical (unpaired) electrons. The summed E-state index contributed by atoms with van der Waals surface area (Å²) in [4.78, 5) is 30.3. The Morgan fingerprint density at radius 3 is 2.75 bits per heavy atom. The topological polar surface area (TPSA) is 55.9 Å². The normalized spacial score (nSPS) is 20.8. The van der Waals surface area contributed by atoms with Gasteiger partial charge in [-0.1, -0.05) is 12.1 Å². The van der Waals surface area contributed by atoms with Gasteiger partial charge >= 0.3 is 6.03 Å². The van der Waals surface area contributed by atoms with Crippen LogP contribution in [0.5, 0.6) is 0 Å². The van der Waals surface area contributed by atoms with Crippen LogP contribution in [0, 0.1) is 5.82 Å². The predicted octanol–water partition coefficient (Wildman–Crippen LogP) is 1.18. The Morgan fingerprint density at radius 1 is 1.33 bits per heavy atom. The van der Waals surface area contributed by atoms with E-state index < -0.39 is 11.9 Å². The molecule has 2 aliphatic heterocycles. The summed E-state index contributed by atoms with van der Waals surface area (Å²) in [6, 6.07) is 5.10. The molecular weight excluding hydrogens is 311 g/mol. The molecule has 1 aromatic rings. The molecule has 0 saturated heterocycles. The number of hydrogen-bond acceptors (Lipinski definition) is 3. The molecule has 0 saturated carbocycles. The van der Waals surface area contributed by atoms with E-state index in [1.165, 1.54) is 17.0 Å². The van der Waals surface area contributed by atoms with E-state index in [0.717, 1.165) is 6.54 Å². The second-order valence-electron chi connectivity index (χ2n) is 6.39. The molecule has 2 aliphatic rings. The standard InChI is InChI=1S/C17H21FN4O2/c1-20(2)7-8-22-10-13-14(16(22)23)15(19-17(24)21(13)3)11-5-4-6-12(18)9-11/h4-6,9,15H,7-8,10H2,1-3H3,(H,19,24). The maximum absolute atomic E-state index is 13.6. The lowest BCUT2D eigenvalue weighted by molar-refractivity contribution is -0.125. The molecule has 0 spiro atoms. The van der Waals surface area contributed by atoms with Crippen molar-refractivity contribution in [2.75, 3.05) is 40.8 Å². The molecule has 6 nitrogen and oxygen atoms in total. The van der Waals surface area contributed by atoms with Crippen molar-refractivity contribution < 1.29 is 14.0 Å². The number of likely N-dealkylation sites (N-methyl/N-ethyl adjacent to an activating group) is 2. The second-order valence-corrected chi connectivity index (χ2v) is 6.39. The second kappa shape index (κ2) is 6.24. The zero-order valence-corrected chi connectivity index (χ0v) is 14.0. The molecule has 1 aromatic carbocycles. The van der Waals surface area contributed by atoms with E-state index in [4.69, 9.17) is 0 Å². The van der Waals surface area contributed by atoms with Crippen molar-refractivity contribution in [3.05, 3.63) is 46.9 Å². The maximum Gasteiger partial charge on any atom is 0.322 e. The fourth-order valence-corrected chi connectivity index (χ4v) is 3.06. The minimum absolute atomic E-state index is 0.104. The molecule has 128 valence electrons. The number of amides is 3. The third-order valence-electron chi connectivity index (χ3n) is 4.43. The van der Waals surface area contributed by atoms with E-state index >= 15 is 0 Å². The van der Waals surface area contributed by atoms with Gasteiger partial charge in [0.1, 0.15) is 5.82 Å². The molecule has 0 aliphatic carbocycles. The maximum atomic E-state index is 13.6. The quantitative estimate of drug-likeness (QED) is 0.901. The number of benzene rings is 1. The molecular formula is C17H21FN4O2. The van der Waals surface area contributed by atoms with Crippen molar-refractivity contribution in [3.8, 4) is 0 Å². The average Bonchev–Trinajstić information content (AvgIpc) is 2.86. The van der Waals surface area contributed by atoms with Crippen LogP contribution in [0.1, 0.15) is 11.6 Å². The lowest BCUT2D eigenvalue weighted by Gasteiger charge is -2.31. The van der Waals surface area contributed by atoms with Crippen LogP contribution < -0.4 is 5.32 Å². The van der Waals surface area contributed by atoms with Crippen LogP contribution in [-0.2, 0) is 4.79 Å². The number of halogens is 1. The number of urea groups is 1. The Morgan fingerprint density at radius 2 is 2.08 bits per heavy atom. The van der Waals surface area contributed by atoms with Crippen LogP contribution in [0.4, 0.5) is 9.18 Å². The molecule has 2 heterocycles. The first-order valence-corrected chi connectivity index (χ1v) is 7.85. The first kappa shape index (κ1) is 16.4. The van der Waals surface area contributed by atoms with Gasteiger partial charge in [-0.3, -0.25) is 9.69 Å². The first-order valence-electron chi connectivity index (χ1n) is 7.85. The van der Waals surface area contributed by atoms with E-state index in [2.05, 4.69) is 5.32 Å². The van der Waals surface area contributed by atoms with Gasteiger partial charge in [0.25, 0.3) is 5.91 Å². The van der Waals surface area contributed by atoms with Gasteiger partial charge in [-0.15, -0.1) is 0 Å². The van der Waals surface area contributed by atoms with Gasteiger partial charge in [0.15, 0.2) is 0 Å². The average molecular weight is 332 g/mol. The molecule has 0 fully saturated rings. The Bertz CT molecular complexity index is 716. The first-order chi connectivity index (χ1) is 11.4. The summed E-state index contributed by atoms with van der Waals surface area (Å²) in [5, 5.41) is 2.80. The molecule has 7 heteroatoms. The number of nitrogens with zero attached hydrogens (tertiary/aromatic N) is 3. The van der Waals surface area contributed by atoms with E-state index in [-0.39, 0.29) is 11.9 Å². The number of hydrogen-bond donors (Lipinski definition) is 1. The largest absolute Gasteiger partial charge is 0.332 e. The monoisotopic (exact) mass is 332 g/mol. The van der Waals surface area contributed by atoms with Crippen LogP contribution in [-0.4, -0.2) is 67.4 Å². The van der Waals surface area contributed by atoms with E-state index in [0.29, 0.717) is 29.9 Å². The van der Waals surface area contributed by atoms with Gasteiger partial charge in [0.2, 0.25) is 0 Å². The van der Waals surface area contributed by atoms with Gasteiger partial charge in [0.05, 0.1) is 23.9 Å². The van der Waals surface area contributed by atoms with Crippen molar-refractivity contribution in [3.63, 3.8) is 0 Å². The third kappa shape index (κ3) is 2.87.